The number of methoxy groups -OCH3 is 1. The molecule has 5 aromatic rings. The average molecular weight is 1450 g/mol. The number of nitrogens with one attached hydrogen (secondary N) is 6. The molecule has 0 aromatic heterocycles. The van der Waals surface area contributed by atoms with Crippen molar-refractivity contribution in [1.29, 1.82) is 10.8 Å². The van der Waals surface area contributed by atoms with Gasteiger partial charge in [-0.15, -0.1) is 0 Å². The summed E-state index contributed by atoms with van der Waals surface area (Å²) in [5.74, 6) is -0.506. The fraction of sp³-hybridized carbons (Fsp3) is 0.432. The molecule has 27 nitrogen and oxygen atoms in total. The third-order valence-electron chi connectivity index (χ3n) is 20.2. The van der Waals surface area contributed by atoms with Gasteiger partial charge in [-0.3, -0.25) is 40.6 Å². The number of amidine groups is 2. The molecule has 4 aliphatic heterocycles. The molecule has 1 spiro atoms. The summed E-state index contributed by atoms with van der Waals surface area (Å²) in [6, 6.07) is 23.9. The molecule has 2 aliphatic carbocycles. The van der Waals surface area contributed by atoms with Crippen molar-refractivity contribution in [2.45, 2.75) is 132 Å². The molecule has 0 saturated carbocycles. The van der Waals surface area contributed by atoms with E-state index in [1.807, 2.05) is 12.1 Å². The van der Waals surface area contributed by atoms with E-state index in [-0.39, 0.29) is 89.0 Å². The first-order chi connectivity index (χ1) is 49.9. The van der Waals surface area contributed by atoms with Gasteiger partial charge in [-0.05, 0) is 200 Å². The fourth-order valence-electron chi connectivity index (χ4n) is 14.5. The van der Waals surface area contributed by atoms with Crippen molar-refractivity contribution in [3.05, 3.63) is 154 Å². The Morgan fingerprint density at radius 3 is 1.87 bits per heavy atom. The van der Waals surface area contributed by atoms with Crippen LogP contribution in [0.4, 0.5) is 0 Å². The standard InChI is InChI=1S/C62H69N9O12.C12H21N3O3S2/c1-61-28-27-49(53-62(61)29-32-70(2)50(61)33-40-17-26-48(77-3)52(83-53)51(40)62)82-60(76)47-8-6-31-71(47)57(73)46(34-78-41-18-13-38(14-19-41)58(74)80-43-22-9-36(10-23-43)54(64)65)69-56(72)45(7-4-5-30-63)68-35-79-42-20-15-39(16-21-42)59(75)81-44-24-11-37(12-25-44)55(66)67;1-8(13-7-20)11(17)14-10(6-19)12(18)15-4-2-3-9(15)5-16/h9-27,45-47,50,53,68H,4-8,28-35,63H2,1-3H3,(H3,64,65)(H3,66,67)(H,69,72);5,8-10,13,19-20H,2-4,6-7H2,1H3,(H,14,17)/t45-,46?,47?,50+,53?,61-,62-;/m0./s1/i;5D. The van der Waals surface area contributed by atoms with Gasteiger partial charge in [-0.25, -0.2) is 14.4 Å². The number of unbranched alkanes of at least 4 members (excludes halogenated alkanes) is 1. The smallest absolute Gasteiger partial charge is 0.343 e. The fourth-order valence-corrected chi connectivity index (χ4v) is 15.1. The third-order valence-corrected chi connectivity index (χ3v) is 20.7. The monoisotopic (exact) mass is 1450 g/mol. The Bertz CT molecular complexity index is 4040. The molecule has 5 aromatic carbocycles. The number of benzene rings is 5. The van der Waals surface area contributed by atoms with Gasteiger partial charge < -0.3 is 80.5 Å². The number of amides is 4. The van der Waals surface area contributed by atoms with Gasteiger partial charge in [0.2, 0.25) is 23.6 Å². The number of nitrogens with zero attached hydrogens (tertiary/aromatic N) is 3. The second kappa shape index (κ2) is 34.2. The van der Waals surface area contributed by atoms with Crippen molar-refractivity contribution in [2.75, 3.05) is 65.3 Å². The van der Waals surface area contributed by atoms with E-state index in [9.17, 15) is 33.6 Å². The number of likely N-dealkylation sites (N-methyl/N-ethyl adjacent to an activating group) is 1. The Morgan fingerprint density at radius 2 is 1.29 bits per heavy atom. The number of nitrogens with two attached hydrogens (primary N) is 3. The SMILES string of the molecule is COc1ccc2c3c1OC1C(OC(=O)C4CCCN4C(=O)C(COc4ccc(C(=O)Oc5ccc(C(=N)N)cc5)cc4)NC(=O)[C@H](CCCCN)NCOc4ccc(C(=O)Oc5ccc(C(=N)N)cc5)cc4)=CC[C@@]4(C)[C@@H](C2)N(C)CC[C@]314.[2H]C(=O)C1CCCN1C(=O)C(CS)NC(=O)C(C)NCS. The summed E-state index contributed by atoms with van der Waals surface area (Å²) in [4.78, 5) is 111. The second-order valence-electron chi connectivity index (χ2n) is 26.4. The van der Waals surface area contributed by atoms with Gasteiger partial charge in [-0.2, -0.15) is 25.3 Å². The molecule has 3 fully saturated rings. The zero-order valence-electron chi connectivity index (χ0n) is 58.9. The van der Waals surface area contributed by atoms with Gasteiger partial charge in [0.15, 0.2) is 17.6 Å². The maximum Gasteiger partial charge on any atom is 0.343 e. The molecule has 548 valence electrons. The minimum absolute atomic E-state index is 0.109. The van der Waals surface area contributed by atoms with Crippen LogP contribution in [0.5, 0.6) is 34.5 Å². The zero-order chi connectivity index (χ0) is 74.6. The highest BCUT2D eigenvalue weighted by Crippen LogP contribution is 2.69. The first kappa shape index (κ1) is 74.7. The number of ether oxygens (including phenoxy) is 7. The van der Waals surface area contributed by atoms with E-state index in [2.05, 4.69) is 71.5 Å². The van der Waals surface area contributed by atoms with Crippen molar-refractivity contribution >= 4 is 84.7 Å². The molecule has 6 unspecified atom stereocenters. The highest BCUT2D eigenvalue weighted by Gasteiger charge is 2.70. The third kappa shape index (κ3) is 16.9. The number of esters is 3. The Labute approximate surface area is 610 Å². The number of allylic oxidation sites excluding steroid dienone is 1. The highest BCUT2D eigenvalue weighted by molar-refractivity contribution is 7.80. The first-order valence-electron chi connectivity index (χ1n) is 34.8. The van der Waals surface area contributed by atoms with E-state index < -0.39 is 83.8 Å². The van der Waals surface area contributed by atoms with Gasteiger partial charge in [0.25, 0.3) is 0 Å². The highest BCUT2D eigenvalue weighted by atomic mass is 32.1. The molecule has 2 bridgehead atoms. The molecule has 11 rings (SSSR count). The number of aldehydes is 1. The molecule has 4 heterocycles. The van der Waals surface area contributed by atoms with Crippen LogP contribution in [0.1, 0.15) is 116 Å². The summed E-state index contributed by atoms with van der Waals surface area (Å²) in [5, 5.41) is 26.7. The molecular weight excluding hydrogens is 1360 g/mol. The predicted molar refractivity (Wildman–Crippen MR) is 389 cm³/mol. The predicted octanol–water partition coefficient (Wildman–Crippen LogP) is 4.93. The lowest BCUT2D eigenvalue weighted by molar-refractivity contribution is -0.155. The second-order valence-corrected chi connectivity index (χ2v) is 27.1. The lowest BCUT2D eigenvalue weighted by Gasteiger charge is -2.63. The number of likely N-dealkylation sites (tertiary alicyclic amines) is 3. The molecule has 6 aliphatic rings. The summed E-state index contributed by atoms with van der Waals surface area (Å²) < 4.78 is 49.6. The number of carbonyl (C=O) groups excluding carboxylic acids is 8. The molecule has 3 saturated heterocycles. The number of rotatable bonds is 30. The maximum absolute atomic E-state index is 15.1. The average Bonchev–Trinajstić information content (AvgIpc) is 1.43. The normalized spacial score (nSPS) is 21.7. The lowest BCUT2D eigenvalue weighted by Crippen LogP contribution is -2.69. The number of nitrogen functional groups attached to an aromatic ring is 2. The van der Waals surface area contributed by atoms with Crippen LogP contribution in [-0.4, -0.2) is 188 Å². The van der Waals surface area contributed by atoms with Crippen LogP contribution in [0.3, 0.4) is 0 Å². The van der Waals surface area contributed by atoms with Crippen LogP contribution in [0.25, 0.3) is 0 Å². The van der Waals surface area contributed by atoms with Crippen molar-refractivity contribution < 1.29 is 72.9 Å². The van der Waals surface area contributed by atoms with Crippen molar-refractivity contribution in [3.63, 3.8) is 0 Å². The summed E-state index contributed by atoms with van der Waals surface area (Å²) in [6.07, 6.45) is 6.38. The molecular formula is C74H90N12O15S2. The summed E-state index contributed by atoms with van der Waals surface area (Å²) in [6.45, 7) is 5.34. The van der Waals surface area contributed by atoms with E-state index in [0.717, 1.165) is 24.9 Å². The van der Waals surface area contributed by atoms with E-state index >= 15 is 4.79 Å². The van der Waals surface area contributed by atoms with Crippen LogP contribution >= 0.6 is 25.3 Å². The van der Waals surface area contributed by atoms with Crippen LogP contribution in [0.15, 0.2) is 121 Å². The largest absolute Gasteiger partial charge is 0.493 e. The Balaban J connectivity index is 0.000000476. The van der Waals surface area contributed by atoms with Gasteiger partial charge in [0.05, 0.1) is 41.8 Å². The van der Waals surface area contributed by atoms with E-state index in [1.54, 1.807) is 62.6 Å². The Kier molecular flexibility index (Phi) is 24.8. The van der Waals surface area contributed by atoms with Crippen molar-refractivity contribution in [2.24, 2.45) is 22.6 Å². The lowest BCUT2D eigenvalue weighted by atomic mass is 9.45. The van der Waals surface area contributed by atoms with Crippen molar-refractivity contribution in [3.8, 4) is 34.5 Å². The Morgan fingerprint density at radius 1 is 0.718 bits per heavy atom. The van der Waals surface area contributed by atoms with Crippen molar-refractivity contribution in [1.82, 2.24) is 36.0 Å². The number of hydrogen-bond acceptors (Lipinski definition) is 23. The molecule has 103 heavy (non-hydrogen) atoms. The van der Waals surface area contributed by atoms with Gasteiger partial charge in [0.1, 0.15) is 79.5 Å². The zero-order valence-corrected chi connectivity index (χ0v) is 59.7. The number of thiol groups is 2. The van der Waals surface area contributed by atoms with E-state index in [4.69, 9.17) is 62.5 Å². The van der Waals surface area contributed by atoms with Gasteiger partial charge in [-0.1, -0.05) is 19.4 Å². The minimum atomic E-state index is -1.32. The summed E-state index contributed by atoms with van der Waals surface area (Å²) >= 11 is 8.07. The number of carbonyl (C=O) groups is 8. The van der Waals surface area contributed by atoms with Crippen LogP contribution < -0.4 is 66.9 Å². The number of hydrogen-bond donors (Lipinski definition) is 11. The number of piperidine rings is 1. The molecule has 29 heteroatoms. The topological polar surface area (TPSA) is 385 Å². The Hall–Kier alpha value is -9.52. The maximum atomic E-state index is 15.1. The van der Waals surface area contributed by atoms with Gasteiger partial charge >= 0.3 is 17.9 Å². The summed E-state index contributed by atoms with van der Waals surface area (Å²) in [7, 11) is 3.79. The summed E-state index contributed by atoms with van der Waals surface area (Å²) in [5.41, 5.74) is 20.0. The van der Waals surface area contributed by atoms with Crippen LogP contribution in [-0.2, 0) is 45.3 Å². The van der Waals surface area contributed by atoms with Gasteiger partial charge in [0, 0.05) is 52.9 Å². The van der Waals surface area contributed by atoms with Crippen LogP contribution in [0, 0.1) is 16.2 Å². The van der Waals surface area contributed by atoms with E-state index in [0.29, 0.717) is 104 Å². The van der Waals surface area contributed by atoms with Crippen LogP contribution in [0.2, 0.25) is 0 Å². The quantitative estimate of drug-likeness (QED) is 0.00424. The molecule has 12 N–H and O–H groups in total. The molecule has 0 radical (unpaired) electrons. The molecule has 4 amide bonds. The molecule has 10 atom stereocenters. The first-order valence-corrected chi connectivity index (χ1v) is 35.6. The minimum Gasteiger partial charge on any atom is -0.493 e. The van der Waals surface area contributed by atoms with E-state index in [1.165, 1.54) is 63.9 Å².